The molecule has 11 heteroatoms. The average Bonchev–Trinajstić information content (AvgIpc) is 3.67. The van der Waals surface area contributed by atoms with Crippen molar-refractivity contribution in [3.05, 3.63) is 90.8 Å². The molecule has 3 aliphatic rings. The number of aromatic amines is 1. The molecule has 3 aromatic rings. The molecule has 0 saturated heterocycles. The second-order valence-corrected chi connectivity index (χ2v) is 11.5. The van der Waals surface area contributed by atoms with E-state index >= 15 is 0 Å². The van der Waals surface area contributed by atoms with Crippen LogP contribution in [0.15, 0.2) is 46.6 Å². The Morgan fingerprint density at radius 3 is 2.77 bits per heavy atom. The van der Waals surface area contributed by atoms with Crippen molar-refractivity contribution in [2.24, 2.45) is 0 Å². The Morgan fingerprint density at radius 2 is 2.05 bits per heavy atom. The summed E-state index contributed by atoms with van der Waals surface area (Å²) in [6.45, 7) is 1.50. The second-order valence-electron chi connectivity index (χ2n) is 10.6. The third-order valence-corrected chi connectivity index (χ3v) is 9.11. The van der Waals surface area contributed by atoms with Crippen molar-refractivity contribution in [1.82, 2.24) is 14.9 Å². The zero-order chi connectivity index (χ0) is 28.1. The number of hydrogen-bond donors (Lipinski definition) is 2. The highest BCUT2D eigenvalue weighted by Gasteiger charge is 2.50. The van der Waals surface area contributed by atoms with Crippen LogP contribution in [-0.2, 0) is 34.1 Å². The lowest BCUT2D eigenvalue weighted by atomic mass is 9.99. The van der Waals surface area contributed by atoms with Gasteiger partial charge in [-0.15, -0.1) is 11.3 Å². The molecule has 4 heterocycles. The molecule has 1 atom stereocenters. The monoisotopic (exact) mass is 571 g/mol. The van der Waals surface area contributed by atoms with Gasteiger partial charge in [0.1, 0.15) is 5.82 Å². The number of fused-ring (bicyclic) bond motifs is 1. The zero-order valence-corrected chi connectivity index (χ0v) is 22.4. The first kappa shape index (κ1) is 26.9. The number of H-pyrrole nitrogens is 1. The number of alkyl halides is 3. The Balaban J connectivity index is 1.24. The van der Waals surface area contributed by atoms with Gasteiger partial charge in [0.15, 0.2) is 6.10 Å². The first-order chi connectivity index (χ1) is 19.2. The summed E-state index contributed by atoms with van der Waals surface area (Å²) in [5, 5.41) is 12.8. The van der Waals surface area contributed by atoms with Crippen molar-refractivity contribution in [1.29, 1.82) is 0 Å². The normalized spacial score (nSPS) is 19.4. The fourth-order valence-corrected chi connectivity index (χ4v) is 6.70. The third kappa shape index (κ3) is 5.02. The van der Waals surface area contributed by atoms with E-state index in [0.717, 1.165) is 42.3 Å². The lowest BCUT2D eigenvalue weighted by molar-refractivity contribution is -0.142. The largest absolute Gasteiger partial charge is 0.416 e. The van der Waals surface area contributed by atoms with Crippen LogP contribution in [0.4, 0.5) is 13.2 Å². The van der Waals surface area contributed by atoms with Crippen LogP contribution in [0.2, 0.25) is 0 Å². The molecular weight excluding hydrogens is 543 g/mol. The number of aromatic nitrogens is 2. The van der Waals surface area contributed by atoms with Crippen LogP contribution in [0.3, 0.4) is 0 Å². The third-order valence-electron chi connectivity index (χ3n) is 7.98. The molecule has 0 spiro atoms. The fraction of sp³-hybridized carbons (Fsp3) is 0.414. The Kier molecular flexibility index (Phi) is 6.92. The number of thiophene rings is 1. The van der Waals surface area contributed by atoms with Gasteiger partial charge < -0.3 is 19.7 Å². The molecule has 2 aromatic heterocycles. The van der Waals surface area contributed by atoms with Crippen molar-refractivity contribution in [2.75, 3.05) is 19.8 Å². The Hall–Kier alpha value is -3.28. The summed E-state index contributed by atoms with van der Waals surface area (Å²) >= 11 is 1.67. The summed E-state index contributed by atoms with van der Waals surface area (Å²) in [6.07, 6.45) is -0.643. The molecule has 1 saturated carbocycles. The molecule has 1 fully saturated rings. The topological polar surface area (TPSA) is 95.5 Å². The van der Waals surface area contributed by atoms with Crippen molar-refractivity contribution in [2.45, 2.75) is 56.3 Å². The number of aliphatic hydroxyl groups is 1. The predicted octanol–water partition coefficient (Wildman–Crippen LogP) is 4.74. The van der Waals surface area contributed by atoms with E-state index in [1.165, 1.54) is 22.1 Å². The van der Waals surface area contributed by atoms with E-state index in [9.17, 15) is 27.9 Å². The van der Waals surface area contributed by atoms with Gasteiger partial charge in [-0.1, -0.05) is 18.2 Å². The Labute approximate surface area is 232 Å². The van der Waals surface area contributed by atoms with Crippen LogP contribution >= 0.6 is 11.3 Å². The van der Waals surface area contributed by atoms with E-state index in [0.29, 0.717) is 43.1 Å². The molecule has 210 valence electrons. The number of nitrogens with one attached hydrogen (secondary N) is 1. The average molecular weight is 572 g/mol. The maximum Gasteiger partial charge on any atom is 0.416 e. The van der Waals surface area contributed by atoms with Crippen LogP contribution < -0.4 is 5.56 Å². The van der Waals surface area contributed by atoms with Crippen molar-refractivity contribution < 1.29 is 27.8 Å². The molecule has 1 unspecified atom stereocenters. The molecular formula is C29H28F3N3O4S. The van der Waals surface area contributed by atoms with Crippen LogP contribution in [0.1, 0.15) is 70.4 Å². The lowest BCUT2D eigenvalue weighted by Crippen LogP contribution is -2.36. The number of carbonyl (C=O) groups excluding carboxylic acids is 1. The highest BCUT2D eigenvalue weighted by atomic mass is 32.1. The van der Waals surface area contributed by atoms with Crippen molar-refractivity contribution in [3.8, 4) is 0 Å². The van der Waals surface area contributed by atoms with Crippen molar-refractivity contribution in [3.63, 3.8) is 0 Å². The smallest absolute Gasteiger partial charge is 0.378 e. The molecule has 2 N–H and O–H groups in total. The molecule has 6 rings (SSSR count). The van der Waals surface area contributed by atoms with Gasteiger partial charge in [-0.3, -0.25) is 9.59 Å². The molecule has 0 bridgehead atoms. The zero-order valence-electron chi connectivity index (χ0n) is 21.6. The van der Waals surface area contributed by atoms with Gasteiger partial charge in [0.2, 0.25) is 0 Å². The molecule has 1 aliphatic carbocycles. The molecule has 0 radical (unpaired) electrons. The molecule has 1 aromatic carbocycles. The number of hydrogen-bond acceptors (Lipinski definition) is 6. The summed E-state index contributed by atoms with van der Waals surface area (Å²) in [6, 6.07) is 6.30. The molecule has 1 amide bonds. The van der Waals surface area contributed by atoms with Crippen LogP contribution in [0.25, 0.3) is 5.57 Å². The van der Waals surface area contributed by atoms with Gasteiger partial charge in [-0.25, -0.2) is 4.98 Å². The highest BCUT2D eigenvalue weighted by Crippen LogP contribution is 2.54. The Morgan fingerprint density at radius 1 is 1.23 bits per heavy atom. The summed E-state index contributed by atoms with van der Waals surface area (Å²) in [4.78, 5) is 36.8. The summed E-state index contributed by atoms with van der Waals surface area (Å²) in [5.41, 5.74) is 1.67. The summed E-state index contributed by atoms with van der Waals surface area (Å²) in [7, 11) is 0. The van der Waals surface area contributed by atoms with Gasteiger partial charge >= 0.3 is 6.18 Å². The molecule has 2 aliphatic heterocycles. The van der Waals surface area contributed by atoms with Gasteiger partial charge in [0, 0.05) is 11.4 Å². The number of aliphatic hydroxyl groups excluding tert-OH is 1. The number of nitrogens with zero attached hydrogens (tertiary/aromatic N) is 2. The van der Waals surface area contributed by atoms with Gasteiger partial charge in [-0.05, 0) is 72.4 Å². The maximum absolute atomic E-state index is 13.3. The number of rotatable bonds is 5. The minimum Gasteiger partial charge on any atom is -0.378 e. The second kappa shape index (κ2) is 10.3. The fourth-order valence-electron chi connectivity index (χ4n) is 5.51. The van der Waals surface area contributed by atoms with E-state index in [1.54, 1.807) is 11.3 Å². The number of ether oxygens (including phenoxy) is 1. The van der Waals surface area contributed by atoms with Crippen LogP contribution in [-0.4, -0.2) is 45.6 Å². The summed E-state index contributed by atoms with van der Waals surface area (Å²) in [5.74, 6) is -0.114. The van der Waals surface area contributed by atoms with Gasteiger partial charge in [0.25, 0.3) is 11.5 Å². The van der Waals surface area contributed by atoms with Gasteiger partial charge in [-0.2, -0.15) is 13.2 Å². The molecule has 7 nitrogen and oxygen atoms in total. The lowest BCUT2D eigenvalue weighted by Gasteiger charge is -2.24. The van der Waals surface area contributed by atoms with E-state index in [-0.39, 0.29) is 29.6 Å². The first-order valence-corrected chi connectivity index (χ1v) is 14.2. The quantitative estimate of drug-likeness (QED) is 0.461. The van der Waals surface area contributed by atoms with E-state index in [2.05, 4.69) is 22.5 Å². The van der Waals surface area contributed by atoms with E-state index < -0.39 is 23.8 Å². The summed E-state index contributed by atoms with van der Waals surface area (Å²) < 4.78 is 44.8. The number of halogens is 3. The number of aryl methyl sites for hydroxylation is 1. The number of carbonyl (C=O) groups is 1. The standard InChI is InChI=1S/C29H28F3N3O4S/c30-29(31,32)20-4-1-3-18(13-20)24(36)26(38)35-10-2-5-22-21(15-35)25(37)34-27(33-22)28(8-9-28)23-14-19(16-40-23)17-6-11-39-12-7-17/h1,3-4,6,13-14,16,24,36H,2,5,7-12,15H2,(H,33,34,37). The van der Waals surface area contributed by atoms with E-state index in [4.69, 9.17) is 9.72 Å². The maximum atomic E-state index is 13.3. The van der Waals surface area contributed by atoms with E-state index in [1.807, 2.05) is 0 Å². The predicted molar refractivity (Wildman–Crippen MR) is 143 cm³/mol. The number of amides is 1. The van der Waals surface area contributed by atoms with Crippen LogP contribution in [0.5, 0.6) is 0 Å². The highest BCUT2D eigenvalue weighted by molar-refractivity contribution is 7.10. The minimum atomic E-state index is -4.59. The molecule has 40 heavy (non-hydrogen) atoms. The van der Waals surface area contributed by atoms with Crippen molar-refractivity contribution >= 4 is 22.8 Å². The minimum absolute atomic E-state index is 0.0703. The van der Waals surface area contributed by atoms with Gasteiger partial charge in [0.05, 0.1) is 42.0 Å². The SMILES string of the molecule is O=C(C(O)c1cccc(C(F)(F)F)c1)N1CCCc2nc(C3(c4cc(C5=CCOCC5)cs4)CC3)[nH]c(=O)c2C1. The number of benzene rings is 1. The Bertz CT molecular complexity index is 1540. The first-order valence-electron chi connectivity index (χ1n) is 13.3. The van der Waals surface area contributed by atoms with Crippen LogP contribution in [0, 0.1) is 0 Å².